The number of nitrogens with zero attached hydrogens (tertiary/aromatic N) is 1. The second-order valence-corrected chi connectivity index (χ2v) is 13.9. The van der Waals surface area contributed by atoms with Crippen molar-refractivity contribution in [3.8, 4) is 22.3 Å². The van der Waals surface area contributed by atoms with Gasteiger partial charge in [0.2, 0.25) is 0 Å². The first kappa shape index (κ1) is 32.4. The average molecular weight is 682 g/mol. The fourth-order valence-corrected chi connectivity index (χ4v) is 7.86. The molecule has 1 atom stereocenters. The molecular weight excluding hydrogens is 641 g/mol. The van der Waals surface area contributed by atoms with Crippen LogP contribution in [0, 0.1) is 0 Å². The number of allylic oxidation sites excluding steroid dienone is 4. The van der Waals surface area contributed by atoms with E-state index in [0.29, 0.717) is 0 Å². The fraction of sp³-hybridized carbons (Fsp3) is 0.0588. The van der Waals surface area contributed by atoms with Crippen molar-refractivity contribution in [3.63, 3.8) is 0 Å². The maximum atomic E-state index is 2.37. The van der Waals surface area contributed by atoms with Crippen molar-refractivity contribution in [2.75, 3.05) is 11.9 Å². The molecule has 0 radical (unpaired) electrons. The Kier molecular flexibility index (Phi) is 8.73. The van der Waals surface area contributed by atoms with Crippen LogP contribution in [0.4, 0.5) is 28.4 Å². The Bertz CT molecular complexity index is 2610. The molecule has 0 aliphatic heterocycles. The molecule has 1 N–H and O–H groups in total. The second kappa shape index (κ2) is 14.3. The van der Waals surface area contributed by atoms with E-state index in [4.69, 9.17) is 0 Å². The van der Waals surface area contributed by atoms with Crippen LogP contribution in [0.3, 0.4) is 0 Å². The summed E-state index contributed by atoms with van der Waals surface area (Å²) in [5, 5.41) is 5.08. The first-order chi connectivity index (χ1) is 26.2. The predicted octanol–water partition coefficient (Wildman–Crippen LogP) is 13.0. The highest BCUT2D eigenvalue weighted by atomic mass is 15.1. The van der Waals surface area contributed by atoms with Crippen molar-refractivity contribution < 1.29 is 4.90 Å². The third-order valence-electron chi connectivity index (χ3n) is 10.7. The van der Waals surface area contributed by atoms with Crippen LogP contribution < -0.4 is 9.80 Å². The van der Waals surface area contributed by atoms with Gasteiger partial charge >= 0.3 is 0 Å². The molecule has 0 aromatic heterocycles. The van der Waals surface area contributed by atoms with Crippen molar-refractivity contribution in [1.29, 1.82) is 0 Å². The summed E-state index contributed by atoms with van der Waals surface area (Å²) >= 11 is 0. The van der Waals surface area contributed by atoms with Crippen LogP contribution in [0.1, 0.15) is 18.4 Å². The third-order valence-corrected chi connectivity index (χ3v) is 10.7. The van der Waals surface area contributed by atoms with Crippen LogP contribution in [-0.4, -0.2) is 7.05 Å². The highest BCUT2D eigenvalue weighted by Gasteiger charge is 2.21. The summed E-state index contributed by atoms with van der Waals surface area (Å²) in [6.07, 6.45) is 8.86. The van der Waals surface area contributed by atoms with Crippen LogP contribution in [0.5, 0.6) is 0 Å². The van der Waals surface area contributed by atoms with E-state index in [2.05, 4.69) is 212 Å². The summed E-state index contributed by atoms with van der Waals surface area (Å²) in [7, 11) is 2.17. The van der Waals surface area contributed by atoms with Crippen LogP contribution in [0.15, 0.2) is 200 Å². The van der Waals surface area contributed by atoms with Gasteiger partial charge in [-0.25, -0.2) is 4.90 Å². The molecule has 0 bridgehead atoms. The summed E-state index contributed by atoms with van der Waals surface area (Å²) in [6, 6.07) is 66.5. The van der Waals surface area contributed by atoms with Gasteiger partial charge in [-0.05, 0) is 105 Å². The summed E-state index contributed by atoms with van der Waals surface area (Å²) in [6.45, 7) is 0. The summed E-state index contributed by atoms with van der Waals surface area (Å²) in [5.74, 6) is 0. The monoisotopic (exact) mass is 681 g/mol. The molecule has 53 heavy (non-hydrogen) atoms. The van der Waals surface area contributed by atoms with E-state index < -0.39 is 0 Å². The first-order valence-corrected chi connectivity index (χ1v) is 18.5. The maximum absolute atomic E-state index is 2.37. The number of hydrogen-bond donors (Lipinski definition) is 1. The van der Waals surface area contributed by atoms with Crippen molar-refractivity contribution in [2.24, 2.45) is 0 Å². The zero-order valence-electron chi connectivity index (χ0n) is 29.9. The van der Waals surface area contributed by atoms with E-state index >= 15 is 0 Å². The van der Waals surface area contributed by atoms with Crippen LogP contribution in [-0.2, 0) is 0 Å². The summed E-state index contributed by atoms with van der Waals surface area (Å²) in [5.41, 5.74) is 13.5. The zero-order valence-corrected chi connectivity index (χ0v) is 29.9. The van der Waals surface area contributed by atoms with Crippen LogP contribution in [0.25, 0.3) is 49.4 Å². The quantitative estimate of drug-likeness (QED) is 0.157. The van der Waals surface area contributed by atoms with Gasteiger partial charge in [0.05, 0.1) is 0 Å². The van der Waals surface area contributed by atoms with Gasteiger partial charge < -0.3 is 4.90 Å². The Hall–Kier alpha value is -6.48. The minimum Gasteiger partial charge on any atom is -0.344 e. The number of fused-ring (bicyclic) bond motifs is 3. The molecule has 1 unspecified atom stereocenters. The number of quaternary nitrogens is 1. The summed E-state index contributed by atoms with van der Waals surface area (Å²) in [4.78, 5) is 3.54. The molecule has 0 heterocycles. The Morgan fingerprint density at radius 3 is 1.75 bits per heavy atom. The molecule has 0 saturated carbocycles. The molecule has 8 aromatic rings. The highest BCUT2D eigenvalue weighted by Crippen LogP contribution is 2.37. The van der Waals surface area contributed by atoms with Crippen molar-refractivity contribution in [2.45, 2.75) is 12.8 Å². The van der Waals surface area contributed by atoms with Crippen molar-refractivity contribution in [3.05, 3.63) is 206 Å². The van der Waals surface area contributed by atoms with Gasteiger partial charge in [-0.2, -0.15) is 0 Å². The molecule has 2 nitrogen and oxygen atoms in total. The Labute approximate surface area is 312 Å². The molecular formula is C51H41N2+. The Morgan fingerprint density at radius 2 is 1.04 bits per heavy atom. The molecule has 1 aliphatic rings. The minimum absolute atomic E-state index is 1.07. The molecule has 0 saturated heterocycles. The van der Waals surface area contributed by atoms with Crippen LogP contribution >= 0.6 is 0 Å². The number of anilines is 2. The molecule has 0 amide bonds. The lowest BCUT2D eigenvalue weighted by Gasteiger charge is -2.23. The Balaban J connectivity index is 1.05. The predicted molar refractivity (Wildman–Crippen MR) is 226 cm³/mol. The lowest BCUT2D eigenvalue weighted by molar-refractivity contribution is -0.681. The second-order valence-electron chi connectivity index (χ2n) is 13.9. The molecule has 0 spiro atoms. The van der Waals surface area contributed by atoms with Crippen molar-refractivity contribution in [1.82, 2.24) is 0 Å². The van der Waals surface area contributed by atoms with Crippen LogP contribution in [0.2, 0.25) is 0 Å². The zero-order chi connectivity index (χ0) is 35.6. The molecule has 1 aliphatic carbocycles. The molecule has 0 fully saturated rings. The third kappa shape index (κ3) is 6.46. The number of hydrogen-bond acceptors (Lipinski definition) is 1. The van der Waals surface area contributed by atoms with Gasteiger partial charge in [-0.1, -0.05) is 133 Å². The number of rotatable bonds is 8. The molecule has 9 rings (SSSR count). The largest absolute Gasteiger partial charge is 0.344 e. The number of benzene rings is 8. The van der Waals surface area contributed by atoms with Gasteiger partial charge in [0.15, 0.2) is 0 Å². The van der Waals surface area contributed by atoms with E-state index in [1.165, 1.54) is 82.6 Å². The van der Waals surface area contributed by atoms with Gasteiger partial charge in [0.1, 0.15) is 17.1 Å². The van der Waals surface area contributed by atoms with E-state index in [0.717, 1.165) is 18.5 Å². The molecule has 8 aromatic carbocycles. The van der Waals surface area contributed by atoms with Gasteiger partial charge in [-0.3, -0.25) is 0 Å². The SMILES string of the molecule is CN(c1ccc(-c2ccc([NH+](c3cccc(C4=CC=CCC4)c3)c3cccc(-c4ccccc4)c3)cc2)cc1)c1cc2ccccc2c2ccccc12. The van der Waals surface area contributed by atoms with Gasteiger partial charge in [0, 0.05) is 48.1 Å². The topological polar surface area (TPSA) is 7.68 Å². The lowest BCUT2D eigenvalue weighted by atomic mass is 9.96. The maximum Gasteiger partial charge on any atom is 0.141 e. The lowest BCUT2D eigenvalue weighted by Crippen LogP contribution is -2.96. The van der Waals surface area contributed by atoms with E-state index in [1.807, 2.05) is 0 Å². The first-order valence-electron chi connectivity index (χ1n) is 18.5. The smallest absolute Gasteiger partial charge is 0.141 e. The Morgan fingerprint density at radius 1 is 0.453 bits per heavy atom. The molecule has 2 heteroatoms. The minimum atomic E-state index is 1.07. The fourth-order valence-electron chi connectivity index (χ4n) is 7.86. The van der Waals surface area contributed by atoms with E-state index in [9.17, 15) is 0 Å². The molecule has 254 valence electrons. The van der Waals surface area contributed by atoms with Crippen molar-refractivity contribution >= 4 is 55.6 Å². The normalized spacial score (nSPS) is 13.2. The number of nitrogens with one attached hydrogen (secondary N) is 1. The highest BCUT2D eigenvalue weighted by molar-refractivity contribution is 6.13. The van der Waals surface area contributed by atoms with Gasteiger partial charge in [0.25, 0.3) is 0 Å². The van der Waals surface area contributed by atoms with E-state index in [1.54, 1.807) is 0 Å². The van der Waals surface area contributed by atoms with Gasteiger partial charge in [-0.15, -0.1) is 0 Å². The standard InChI is InChI=1S/C51H40N2/c1-52(51-36-43-18-8-9-23-48(43)49-24-10-11-25-50(49)51)44-30-26-39(27-31-44)40-28-32-45(33-29-40)53(46-21-12-19-41(34-46)37-14-4-2-5-15-37)47-22-13-20-42(35-47)38-16-6-3-7-17-38/h2-6,8-16,18-36H,7,17H2,1H3/p+1. The average Bonchev–Trinajstić information content (AvgIpc) is 3.24. The summed E-state index contributed by atoms with van der Waals surface area (Å²) < 4.78 is 0. The van der Waals surface area contributed by atoms with E-state index in [-0.39, 0.29) is 0 Å².